The molecular formula is C18H22N2O2. The molecule has 4 heteroatoms. The Labute approximate surface area is 131 Å². The summed E-state index contributed by atoms with van der Waals surface area (Å²) in [5, 5.41) is 10.5. The molecule has 3 N–H and O–H groups in total. The molecule has 0 bridgehead atoms. The first-order chi connectivity index (χ1) is 10.6. The third-order valence-electron chi connectivity index (χ3n) is 3.80. The van der Waals surface area contributed by atoms with Gasteiger partial charge in [-0.2, -0.15) is 0 Å². The number of hydrogen-bond donors (Lipinski definition) is 3. The van der Waals surface area contributed by atoms with E-state index in [1.54, 1.807) is 6.92 Å². The minimum Gasteiger partial charge on any atom is -0.493 e. The van der Waals surface area contributed by atoms with Gasteiger partial charge in [0.1, 0.15) is 5.75 Å². The molecule has 1 unspecified atom stereocenters. The van der Waals surface area contributed by atoms with Crippen LogP contribution >= 0.6 is 0 Å². The number of nitrogens with one attached hydrogen (secondary N) is 2. The highest BCUT2D eigenvalue weighted by Gasteiger charge is 2.23. The molecule has 0 aromatic heterocycles. The second-order valence-corrected chi connectivity index (χ2v) is 5.97. The molecule has 1 fully saturated rings. The maximum Gasteiger partial charge on any atom is 0.155 e. The van der Waals surface area contributed by atoms with Crippen molar-refractivity contribution in [1.29, 1.82) is 0 Å². The highest BCUT2D eigenvalue weighted by molar-refractivity contribution is 5.47. The molecule has 0 saturated heterocycles. The van der Waals surface area contributed by atoms with E-state index >= 15 is 0 Å². The van der Waals surface area contributed by atoms with Crippen LogP contribution < -0.4 is 15.6 Å². The number of rotatable bonds is 7. The summed E-state index contributed by atoms with van der Waals surface area (Å²) < 4.78 is 5.76. The molecule has 0 spiro atoms. The van der Waals surface area contributed by atoms with Gasteiger partial charge in [-0.15, -0.1) is 0 Å². The Morgan fingerprint density at radius 3 is 2.64 bits per heavy atom. The van der Waals surface area contributed by atoms with Crippen molar-refractivity contribution in [1.82, 2.24) is 5.43 Å². The number of ether oxygens (including phenoxy) is 1. The van der Waals surface area contributed by atoms with Crippen LogP contribution in [0.5, 0.6) is 5.75 Å². The monoisotopic (exact) mass is 298 g/mol. The molecule has 116 valence electrons. The van der Waals surface area contributed by atoms with Crippen molar-refractivity contribution < 1.29 is 9.84 Å². The van der Waals surface area contributed by atoms with Gasteiger partial charge in [0.05, 0.1) is 12.3 Å². The lowest BCUT2D eigenvalue weighted by Crippen LogP contribution is -2.42. The van der Waals surface area contributed by atoms with E-state index in [1.165, 1.54) is 12.8 Å². The van der Waals surface area contributed by atoms with Crippen LogP contribution in [0, 0.1) is 5.92 Å². The quantitative estimate of drug-likeness (QED) is 0.542. The zero-order valence-corrected chi connectivity index (χ0v) is 12.8. The van der Waals surface area contributed by atoms with E-state index in [9.17, 15) is 5.11 Å². The van der Waals surface area contributed by atoms with Crippen LogP contribution in [0.2, 0.25) is 0 Å². The van der Waals surface area contributed by atoms with E-state index in [0.29, 0.717) is 0 Å². The number of hydrogen-bond acceptors (Lipinski definition) is 4. The van der Waals surface area contributed by atoms with Crippen LogP contribution in [0.15, 0.2) is 54.6 Å². The third-order valence-corrected chi connectivity index (χ3v) is 3.80. The summed E-state index contributed by atoms with van der Waals surface area (Å²) in [7, 11) is 0. The molecule has 1 aliphatic carbocycles. The van der Waals surface area contributed by atoms with E-state index in [2.05, 4.69) is 10.9 Å². The molecule has 2 aromatic rings. The number of hydrazine groups is 1. The van der Waals surface area contributed by atoms with Gasteiger partial charge < -0.3 is 15.3 Å². The van der Waals surface area contributed by atoms with Crippen molar-refractivity contribution >= 4 is 5.69 Å². The summed E-state index contributed by atoms with van der Waals surface area (Å²) in [4.78, 5) is 0. The average Bonchev–Trinajstić information content (AvgIpc) is 3.37. The Kier molecular flexibility index (Phi) is 4.32. The molecule has 1 aliphatic rings. The zero-order valence-electron chi connectivity index (χ0n) is 12.8. The van der Waals surface area contributed by atoms with Crippen LogP contribution in [0.1, 0.15) is 25.3 Å². The van der Waals surface area contributed by atoms with E-state index < -0.39 is 5.72 Å². The third kappa shape index (κ3) is 4.00. The summed E-state index contributed by atoms with van der Waals surface area (Å²) in [5.74, 6) is 1.58. The van der Waals surface area contributed by atoms with Crippen LogP contribution in [0.3, 0.4) is 0 Å². The molecule has 2 aromatic carbocycles. The van der Waals surface area contributed by atoms with Gasteiger partial charge in [-0.1, -0.05) is 36.4 Å². The maximum absolute atomic E-state index is 10.5. The SMILES string of the molecule is CC(O)(NNc1cccc(OCC2CC2)c1)c1ccccc1. The molecule has 0 amide bonds. The summed E-state index contributed by atoms with van der Waals surface area (Å²) in [5.41, 5.74) is 6.48. The van der Waals surface area contributed by atoms with Crippen molar-refractivity contribution in [3.63, 3.8) is 0 Å². The van der Waals surface area contributed by atoms with Crippen LogP contribution in [-0.4, -0.2) is 11.7 Å². The van der Waals surface area contributed by atoms with Crippen molar-refractivity contribution in [2.24, 2.45) is 5.92 Å². The normalized spacial score (nSPS) is 16.8. The van der Waals surface area contributed by atoms with Gasteiger partial charge in [-0.25, -0.2) is 5.43 Å². The van der Waals surface area contributed by atoms with Crippen molar-refractivity contribution in [2.45, 2.75) is 25.5 Å². The summed E-state index contributed by atoms with van der Waals surface area (Å²) in [6, 6.07) is 17.2. The van der Waals surface area contributed by atoms with Gasteiger partial charge >= 0.3 is 0 Å². The first-order valence-electron chi connectivity index (χ1n) is 7.67. The molecule has 4 nitrogen and oxygen atoms in total. The fraction of sp³-hybridized carbons (Fsp3) is 0.333. The van der Waals surface area contributed by atoms with Gasteiger partial charge in [0, 0.05) is 6.07 Å². The Hall–Kier alpha value is -2.04. The zero-order chi connectivity index (χ0) is 15.4. The lowest BCUT2D eigenvalue weighted by Gasteiger charge is -2.26. The molecule has 1 saturated carbocycles. The summed E-state index contributed by atoms with van der Waals surface area (Å²) >= 11 is 0. The van der Waals surface area contributed by atoms with E-state index in [4.69, 9.17) is 4.74 Å². The first kappa shape index (κ1) is 14.9. The minimum atomic E-state index is -1.16. The number of aliphatic hydroxyl groups is 1. The van der Waals surface area contributed by atoms with Crippen LogP contribution in [0.4, 0.5) is 5.69 Å². The molecule has 0 radical (unpaired) electrons. The van der Waals surface area contributed by atoms with Gasteiger partial charge in [0.2, 0.25) is 0 Å². The highest BCUT2D eigenvalue weighted by Crippen LogP contribution is 2.30. The second kappa shape index (κ2) is 6.38. The molecular weight excluding hydrogens is 276 g/mol. The predicted molar refractivity (Wildman–Crippen MR) is 87.4 cm³/mol. The summed E-state index contributed by atoms with van der Waals surface area (Å²) in [6.45, 7) is 2.50. The standard InChI is InChI=1S/C18H22N2O2/c1-18(21,15-6-3-2-4-7-15)20-19-16-8-5-9-17(12-16)22-13-14-10-11-14/h2-9,12,14,19-21H,10-11,13H2,1H3. The Morgan fingerprint density at radius 1 is 1.14 bits per heavy atom. The fourth-order valence-electron chi connectivity index (χ4n) is 2.19. The Bertz CT molecular complexity index is 609. The lowest BCUT2D eigenvalue weighted by atomic mass is 10.1. The fourth-order valence-corrected chi connectivity index (χ4v) is 2.19. The van der Waals surface area contributed by atoms with E-state index in [0.717, 1.165) is 29.5 Å². The van der Waals surface area contributed by atoms with E-state index in [-0.39, 0.29) is 0 Å². The Morgan fingerprint density at radius 2 is 1.91 bits per heavy atom. The number of benzene rings is 2. The second-order valence-electron chi connectivity index (χ2n) is 5.97. The number of anilines is 1. The summed E-state index contributed by atoms with van der Waals surface area (Å²) in [6.07, 6.45) is 2.55. The molecule has 0 aliphatic heterocycles. The maximum atomic E-state index is 10.5. The molecule has 3 rings (SSSR count). The topological polar surface area (TPSA) is 53.5 Å². The van der Waals surface area contributed by atoms with Gasteiger partial charge in [0.15, 0.2) is 5.72 Å². The Balaban J connectivity index is 1.59. The highest BCUT2D eigenvalue weighted by atomic mass is 16.5. The van der Waals surface area contributed by atoms with Gasteiger partial charge in [0.25, 0.3) is 0 Å². The smallest absolute Gasteiger partial charge is 0.155 e. The molecule has 22 heavy (non-hydrogen) atoms. The predicted octanol–water partition coefficient (Wildman–Crippen LogP) is 3.26. The van der Waals surface area contributed by atoms with Gasteiger partial charge in [-0.05, 0) is 43.4 Å². The minimum absolute atomic E-state index is 0.730. The molecule has 1 atom stereocenters. The first-order valence-corrected chi connectivity index (χ1v) is 7.67. The molecule has 0 heterocycles. The van der Waals surface area contributed by atoms with Crippen LogP contribution in [-0.2, 0) is 5.72 Å². The largest absolute Gasteiger partial charge is 0.493 e. The van der Waals surface area contributed by atoms with Crippen LogP contribution in [0.25, 0.3) is 0 Å². The van der Waals surface area contributed by atoms with E-state index in [1.807, 2.05) is 54.6 Å². The van der Waals surface area contributed by atoms with Crippen molar-refractivity contribution in [3.8, 4) is 5.75 Å². The van der Waals surface area contributed by atoms with Crippen molar-refractivity contribution in [2.75, 3.05) is 12.0 Å². The van der Waals surface area contributed by atoms with Crippen molar-refractivity contribution in [3.05, 3.63) is 60.2 Å². The van der Waals surface area contributed by atoms with Gasteiger partial charge in [-0.3, -0.25) is 0 Å². The average molecular weight is 298 g/mol. The lowest BCUT2D eigenvalue weighted by molar-refractivity contribution is 0.0279.